The Kier molecular flexibility index (Phi) is 6.77. The van der Waals surface area contributed by atoms with Crippen molar-refractivity contribution in [2.24, 2.45) is 0 Å². The van der Waals surface area contributed by atoms with E-state index in [0.29, 0.717) is 11.4 Å². The summed E-state index contributed by atoms with van der Waals surface area (Å²) in [5, 5.41) is 2.71. The van der Waals surface area contributed by atoms with Crippen LogP contribution in [0.4, 0.5) is 5.69 Å². The van der Waals surface area contributed by atoms with Gasteiger partial charge >= 0.3 is 5.97 Å². The summed E-state index contributed by atoms with van der Waals surface area (Å²) < 4.78 is 33.9. The number of methoxy groups -OCH3 is 1. The number of carbonyl (C=O) groups is 2. The van der Waals surface area contributed by atoms with E-state index >= 15 is 0 Å². The average molecular weight is 460 g/mol. The van der Waals surface area contributed by atoms with E-state index in [0.717, 1.165) is 16.7 Å². The minimum absolute atomic E-state index is 0.0370. The monoisotopic (exact) mass is 459 g/mol. The Morgan fingerprint density at radius 3 is 2.39 bits per heavy atom. The molecule has 1 amide bonds. The quantitative estimate of drug-likeness (QED) is 0.530. The van der Waals surface area contributed by atoms with E-state index in [4.69, 9.17) is 9.47 Å². The molecule has 0 radical (unpaired) electrons. The van der Waals surface area contributed by atoms with Gasteiger partial charge in [-0.3, -0.25) is 4.79 Å². The van der Waals surface area contributed by atoms with Crippen LogP contribution in [-0.2, 0) is 14.6 Å². The van der Waals surface area contributed by atoms with Gasteiger partial charge in [-0.2, -0.15) is 0 Å². The first kappa shape index (κ1) is 22.5. The zero-order valence-corrected chi connectivity index (χ0v) is 18.8. The molecular formula is C22H21NO6S2. The van der Waals surface area contributed by atoms with Crippen LogP contribution in [0.2, 0.25) is 0 Å². The molecule has 1 N–H and O–H groups in total. The van der Waals surface area contributed by atoms with Gasteiger partial charge in [-0.15, -0.1) is 11.3 Å². The lowest BCUT2D eigenvalue weighted by Gasteiger charge is -2.07. The average Bonchev–Trinajstić information content (AvgIpc) is 3.17. The number of hydrogen-bond donors (Lipinski definition) is 1. The van der Waals surface area contributed by atoms with Gasteiger partial charge in [-0.05, 0) is 61.0 Å². The van der Waals surface area contributed by atoms with Crippen LogP contribution in [0.3, 0.4) is 0 Å². The number of nitrogens with one attached hydrogen (secondary N) is 1. The molecule has 7 nitrogen and oxygen atoms in total. The molecule has 0 saturated carbocycles. The number of carbonyl (C=O) groups excluding carboxylic acids is 2. The maximum Gasteiger partial charge on any atom is 0.350 e. The van der Waals surface area contributed by atoms with Crippen molar-refractivity contribution >= 4 is 38.7 Å². The van der Waals surface area contributed by atoms with Gasteiger partial charge < -0.3 is 14.8 Å². The molecule has 3 aromatic rings. The van der Waals surface area contributed by atoms with Crippen molar-refractivity contribution in [3.63, 3.8) is 0 Å². The molecule has 162 valence electrons. The largest absolute Gasteiger partial charge is 0.497 e. The van der Waals surface area contributed by atoms with E-state index in [-0.39, 0.29) is 21.9 Å². The molecule has 0 bridgehead atoms. The van der Waals surface area contributed by atoms with E-state index in [1.807, 2.05) is 12.1 Å². The van der Waals surface area contributed by atoms with E-state index in [2.05, 4.69) is 5.32 Å². The predicted octanol–water partition coefficient (Wildman–Crippen LogP) is 4.26. The summed E-state index contributed by atoms with van der Waals surface area (Å²) in [5.74, 6) is -0.382. The Morgan fingerprint density at radius 1 is 1.06 bits per heavy atom. The zero-order chi connectivity index (χ0) is 22.6. The molecule has 1 heterocycles. The lowest BCUT2D eigenvalue weighted by molar-refractivity contribution is 0.0533. The lowest BCUT2D eigenvalue weighted by Crippen LogP contribution is -2.15. The van der Waals surface area contributed by atoms with Crippen LogP contribution in [0.5, 0.6) is 5.75 Å². The normalized spacial score (nSPS) is 11.1. The maximum atomic E-state index is 12.8. The Morgan fingerprint density at radius 2 is 1.77 bits per heavy atom. The van der Waals surface area contributed by atoms with Crippen LogP contribution in [0.1, 0.15) is 27.0 Å². The zero-order valence-electron chi connectivity index (χ0n) is 17.2. The van der Waals surface area contributed by atoms with Crippen LogP contribution in [0, 0.1) is 0 Å². The van der Waals surface area contributed by atoms with Gasteiger partial charge in [0.15, 0.2) is 9.84 Å². The fraction of sp³-hybridized carbons (Fsp3) is 0.182. The Hall–Kier alpha value is -3.17. The fourth-order valence-corrected chi connectivity index (χ4v) is 4.47. The third-order valence-corrected chi connectivity index (χ3v) is 6.61. The molecule has 0 atom stereocenters. The summed E-state index contributed by atoms with van der Waals surface area (Å²) in [6, 6.07) is 14.7. The number of esters is 1. The molecule has 0 unspecified atom stereocenters. The number of amides is 1. The first-order chi connectivity index (χ1) is 14.7. The smallest absolute Gasteiger partial charge is 0.350 e. The van der Waals surface area contributed by atoms with Crippen molar-refractivity contribution in [1.29, 1.82) is 0 Å². The molecule has 1 aromatic heterocycles. The van der Waals surface area contributed by atoms with Crippen LogP contribution in [-0.4, -0.2) is 40.3 Å². The number of benzene rings is 2. The third-order valence-electron chi connectivity index (χ3n) is 4.34. The minimum atomic E-state index is -3.46. The number of thiophene rings is 1. The van der Waals surface area contributed by atoms with E-state index in [1.54, 1.807) is 32.2 Å². The first-order valence-electron chi connectivity index (χ1n) is 9.29. The summed E-state index contributed by atoms with van der Waals surface area (Å²) in [7, 11) is -1.89. The standard InChI is InChI=1S/C22H21NO6S2/c1-4-29-22(25)20-18(13-19(30-20)14-8-10-16(28-2)11-9-14)23-21(24)15-6-5-7-17(12-15)31(3,26)27/h5-13H,4H2,1-3H3,(H,23,24). The second kappa shape index (κ2) is 9.32. The predicted molar refractivity (Wildman–Crippen MR) is 120 cm³/mol. The second-order valence-electron chi connectivity index (χ2n) is 6.56. The molecular weight excluding hydrogens is 438 g/mol. The highest BCUT2D eigenvalue weighted by Crippen LogP contribution is 2.36. The SMILES string of the molecule is CCOC(=O)c1sc(-c2ccc(OC)cc2)cc1NC(=O)c1cccc(S(C)(=O)=O)c1. The highest BCUT2D eigenvalue weighted by Gasteiger charge is 2.21. The van der Waals surface area contributed by atoms with Crippen LogP contribution >= 0.6 is 11.3 Å². The fourth-order valence-electron chi connectivity index (χ4n) is 2.79. The molecule has 0 aliphatic carbocycles. The van der Waals surface area contributed by atoms with Gasteiger partial charge in [-0.25, -0.2) is 13.2 Å². The first-order valence-corrected chi connectivity index (χ1v) is 12.0. The Labute approximate surface area is 184 Å². The van der Waals surface area contributed by atoms with E-state index < -0.39 is 21.7 Å². The van der Waals surface area contributed by atoms with Gasteiger partial charge in [0.25, 0.3) is 5.91 Å². The van der Waals surface area contributed by atoms with E-state index in [1.165, 1.54) is 35.6 Å². The number of anilines is 1. The highest BCUT2D eigenvalue weighted by molar-refractivity contribution is 7.90. The van der Waals surface area contributed by atoms with Crippen molar-refractivity contribution in [2.75, 3.05) is 25.3 Å². The number of ether oxygens (including phenoxy) is 2. The number of sulfone groups is 1. The molecule has 0 aliphatic heterocycles. The van der Waals surface area contributed by atoms with Crippen molar-refractivity contribution in [1.82, 2.24) is 0 Å². The minimum Gasteiger partial charge on any atom is -0.497 e. The highest BCUT2D eigenvalue weighted by atomic mass is 32.2. The van der Waals surface area contributed by atoms with Gasteiger partial charge in [0.05, 0.1) is 24.3 Å². The van der Waals surface area contributed by atoms with E-state index in [9.17, 15) is 18.0 Å². The summed E-state index contributed by atoms with van der Waals surface area (Å²) >= 11 is 1.19. The molecule has 9 heteroatoms. The molecule has 2 aromatic carbocycles. The molecule has 31 heavy (non-hydrogen) atoms. The van der Waals surface area contributed by atoms with Gasteiger partial charge in [0.1, 0.15) is 10.6 Å². The Balaban J connectivity index is 1.96. The number of hydrogen-bond acceptors (Lipinski definition) is 7. The third kappa shape index (κ3) is 5.31. The molecule has 3 rings (SSSR count). The summed E-state index contributed by atoms with van der Waals surface area (Å²) in [4.78, 5) is 26.3. The molecule has 0 saturated heterocycles. The van der Waals surface area contributed by atoms with Gasteiger partial charge in [-0.1, -0.05) is 6.07 Å². The second-order valence-corrected chi connectivity index (χ2v) is 9.62. The van der Waals surface area contributed by atoms with Crippen molar-refractivity contribution < 1.29 is 27.5 Å². The van der Waals surface area contributed by atoms with Crippen molar-refractivity contribution in [3.8, 4) is 16.2 Å². The van der Waals surface area contributed by atoms with Crippen molar-refractivity contribution in [3.05, 3.63) is 65.0 Å². The van der Waals surface area contributed by atoms with Gasteiger partial charge in [0, 0.05) is 16.7 Å². The Bertz CT molecular complexity index is 1210. The summed E-state index contributed by atoms with van der Waals surface area (Å²) in [5.41, 5.74) is 1.30. The summed E-state index contributed by atoms with van der Waals surface area (Å²) in [6.07, 6.45) is 1.07. The maximum absolute atomic E-state index is 12.8. The molecule has 0 aliphatic rings. The lowest BCUT2D eigenvalue weighted by atomic mass is 10.1. The number of rotatable bonds is 7. The summed E-state index contributed by atoms with van der Waals surface area (Å²) in [6.45, 7) is 1.89. The van der Waals surface area contributed by atoms with Gasteiger partial charge in [0.2, 0.25) is 0 Å². The van der Waals surface area contributed by atoms with Crippen molar-refractivity contribution in [2.45, 2.75) is 11.8 Å². The van der Waals surface area contributed by atoms with Crippen LogP contribution in [0.25, 0.3) is 10.4 Å². The van der Waals surface area contributed by atoms with Crippen LogP contribution in [0.15, 0.2) is 59.5 Å². The van der Waals surface area contributed by atoms with Crippen LogP contribution < -0.4 is 10.1 Å². The molecule has 0 fully saturated rings. The topological polar surface area (TPSA) is 98.8 Å². The molecule has 0 spiro atoms.